The molecule has 0 aromatic rings. The number of nitrogens with one attached hydrogen (secondary N) is 2. The van der Waals surface area contributed by atoms with Crippen molar-refractivity contribution in [1.82, 2.24) is 15.5 Å². The second-order valence-corrected chi connectivity index (χ2v) is 14.9. The van der Waals surface area contributed by atoms with E-state index in [0.717, 1.165) is 0 Å². The number of amides is 2. The number of esters is 1. The summed E-state index contributed by atoms with van der Waals surface area (Å²) < 4.78 is 37.3. The van der Waals surface area contributed by atoms with Crippen molar-refractivity contribution in [2.24, 2.45) is 23.2 Å². The minimum absolute atomic E-state index is 0. The van der Waals surface area contributed by atoms with Crippen molar-refractivity contribution in [2.75, 3.05) is 27.2 Å². The van der Waals surface area contributed by atoms with Gasteiger partial charge in [0.2, 0.25) is 0 Å². The molecule has 0 spiro atoms. The van der Waals surface area contributed by atoms with Crippen molar-refractivity contribution in [1.29, 1.82) is 0 Å². The molecule has 4 rings (SSSR count). The van der Waals surface area contributed by atoms with E-state index >= 15 is 0 Å². The molecule has 2 N–H and O–H groups in total. The first kappa shape index (κ1) is 45.1. The van der Waals surface area contributed by atoms with E-state index in [1.54, 1.807) is 41.7 Å². The number of cyclic esters (lactones) is 1. The third-order valence-electron chi connectivity index (χ3n) is 10.4. The van der Waals surface area contributed by atoms with Crippen LogP contribution in [-0.2, 0) is 56.6 Å². The van der Waals surface area contributed by atoms with Crippen LogP contribution in [0.2, 0.25) is 0 Å². The molecular weight excluding hydrogens is 911 g/mol. The molecule has 4 saturated heterocycles. The molecule has 12 atom stereocenters. The number of likely N-dealkylation sites (N-methyl/N-ethyl adjacent to an activating group) is 1. The van der Waals surface area contributed by atoms with E-state index in [1.807, 2.05) is 34.2 Å². The number of rotatable bonds is 5. The van der Waals surface area contributed by atoms with Gasteiger partial charge in [0.25, 0.3) is 5.97 Å². The molecule has 4 fully saturated rings. The van der Waals surface area contributed by atoms with Gasteiger partial charge in [-0.05, 0) is 45.7 Å². The predicted octanol–water partition coefficient (Wildman–Crippen LogP) is 3.78. The molecule has 0 aromatic heterocycles. The van der Waals surface area contributed by atoms with Gasteiger partial charge in [-0.3, -0.25) is 14.5 Å². The minimum Gasteiger partial charge on any atom is -0.460 e. The van der Waals surface area contributed by atoms with E-state index in [9.17, 15) is 19.2 Å². The van der Waals surface area contributed by atoms with Gasteiger partial charge >= 0.3 is 12.2 Å². The maximum absolute atomic E-state index is 14.4. The summed E-state index contributed by atoms with van der Waals surface area (Å²) >= 11 is 0. The molecule has 281 valence electrons. The van der Waals surface area contributed by atoms with Crippen LogP contribution in [-0.4, -0.2) is 111 Å². The van der Waals surface area contributed by atoms with Gasteiger partial charge in [-0.2, -0.15) is 0 Å². The third kappa shape index (κ3) is 9.70. The SMILES string of the molecule is C=C1CNC(=O)O[C@]2(C)C[C@@H](C)C(=O)[C@H](C)[C@@H]3[C@H](OC(=O)N3C1)[C@@H](CC)OC(=O)C(C)(C)[CH-][C@H](C)[C@H]2O[C@@H]1O[C@H](C)C[C@H](NC)[C@H]1OC.[U].[V]. The molecule has 4 aliphatic heterocycles. The van der Waals surface area contributed by atoms with E-state index in [1.165, 1.54) is 4.90 Å². The molecular formula is C35H56N3O10UV-. The van der Waals surface area contributed by atoms with Gasteiger partial charge in [-0.15, -0.1) is 5.92 Å². The molecule has 2 amide bonds. The predicted molar refractivity (Wildman–Crippen MR) is 176 cm³/mol. The Morgan fingerprint density at radius 3 is 2.36 bits per heavy atom. The summed E-state index contributed by atoms with van der Waals surface area (Å²) in [7, 11) is 3.44. The van der Waals surface area contributed by atoms with Crippen molar-refractivity contribution >= 4 is 23.9 Å². The summed E-state index contributed by atoms with van der Waals surface area (Å²) in [5, 5.41) is 6.07. The van der Waals surface area contributed by atoms with E-state index in [0.29, 0.717) is 18.4 Å². The number of carbonyl (C=O) groups is 4. The number of hydrogen-bond acceptors (Lipinski definition) is 11. The van der Waals surface area contributed by atoms with E-state index < -0.39 is 83.7 Å². The van der Waals surface area contributed by atoms with E-state index in [2.05, 4.69) is 17.2 Å². The van der Waals surface area contributed by atoms with Crippen LogP contribution in [0.1, 0.15) is 74.7 Å². The van der Waals surface area contributed by atoms with Crippen LogP contribution in [0.5, 0.6) is 0 Å². The van der Waals surface area contributed by atoms with Crippen molar-refractivity contribution < 1.29 is 97.3 Å². The number of alkyl carbamates (subject to hydrolysis) is 1. The van der Waals surface area contributed by atoms with Crippen molar-refractivity contribution in [3.8, 4) is 0 Å². The van der Waals surface area contributed by atoms with Crippen LogP contribution in [0.15, 0.2) is 12.2 Å². The molecule has 1 radical (unpaired) electrons. The number of ether oxygens (including phenoxy) is 6. The van der Waals surface area contributed by atoms with Crippen molar-refractivity contribution in [2.45, 2.75) is 129 Å². The number of carbonyl (C=O) groups excluding carboxylic acids is 4. The second-order valence-electron chi connectivity index (χ2n) is 14.9. The fourth-order valence-electron chi connectivity index (χ4n) is 8.02. The molecule has 0 unspecified atom stereocenters. The van der Waals surface area contributed by atoms with Gasteiger partial charge in [-0.1, -0.05) is 53.5 Å². The van der Waals surface area contributed by atoms with Crippen LogP contribution in [0, 0.1) is 60.7 Å². The van der Waals surface area contributed by atoms with Crippen molar-refractivity contribution in [3.63, 3.8) is 0 Å². The number of hydrogen-bond donors (Lipinski definition) is 2. The quantitative estimate of drug-likeness (QED) is 0.180. The third-order valence-corrected chi connectivity index (χ3v) is 10.4. The van der Waals surface area contributed by atoms with Crippen LogP contribution in [0.4, 0.5) is 9.59 Å². The van der Waals surface area contributed by atoms with Crippen molar-refractivity contribution in [3.05, 3.63) is 18.6 Å². The van der Waals surface area contributed by atoms with Gasteiger partial charge < -0.3 is 45.5 Å². The first-order valence-corrected chi connectivity index (χ1v) is 17.2. The normalized spacial score (nSPS) is 39.8. The van der Waals surface area contributed by atoms with Gasteiger partial charge in [0, 0.05) is 87.7 Å². The van der Waals surface area contributed by atoms with Crippen LogP contribution in [0.3, 0.4) is 0 Å². The fourth-order valence-corrected chi connectivity index (χ4v) is 8.02. The summed E-state index contributed by atoms with van der Waals surface area (Å²) in [5.41, 5.74) is -2.07. The molecule has 13 nitrogen and oxygen atoms in total. The largest absolute Gasteiger partial charge is 0.460 e. The monoisotopic (exact) mass is 967 g/mol. The number of fused-ring (bicyclic) bond motifs is 4. The first-order chi connectivity index (χ1) is 22.5. The number of methoxy groups -OCH3 is 1. The molecule has 0 aliphatic carbocycles. The first-order valence-electron chi connectivity index (χ1n) is 17.2. The molecule has 50 heavy (non-hydrogen) atoms. The Labute approximate surface area is 333 Å². The Bertz CT molecular complexity index is 1240. The standard InChI is InChI=1S/C35H56N3O10.U.V/c1-12-24-28-25-22(6)26(39)19(3)15-35(9,48-32(41)37-16-18(2)17-38(25)33(42)46-28)29(20(4)14-34(7,8)31(40)45-24)47-30-27(43-11)23(36-10)13-21(5)44-30;;/h14,19-25,27-30,36H,2,12-13,15-17H2,1,3-11H3,(H,37,41);;/q-1;;/t19-,20+,21-,22-,23+,24-,25-,27-,28-,29-,30+,35-;;/m1../s1. The zero-order valence-electron chi connectivity index (χ0n) is 31.1. The maximum Gasteiger partial charge on any atom is 0.410 e. The van der Waals surface area contributed by atoms with Gasteiger partial charge in [0.05, 0.1) is 18.2 Å². The van der Waals surface area contributed by atoms with Gasteiger partial charge in [0.1, 0.15) is 23.6 Å². The number of ketones is 1. The second kappa shape index (κ2) is 18.3. The molecule has 4 heterocycles. The zero-order chi connectivity index (χ0) is 35.7. The Morgan fingerprint density at radius 1 is 1.10 bits per heavy atom. The van der Waals surface area contributed by atoms with Crippen LogP contribution in [0.25, 0.3) is 0 Å². The molecule has 4 aliphatic rings. The van der Waals surface area contributed by atoms with Crippen LogP contribution < -0.4 is 10.6 Å². The molecule has 2 bridgehead atoms. The molecule has 0 aromatic carbocycles. The number of nitrogens with zero attached hydrogens (tertiary/aromatic N) is 1. The van der Waals surface area contributed by atoms with E-state index in [-0.39, 0.29) is 87.1 Å². The van der Waals surface area contributed by atoms with Gasteiger partial charge in [0.15, 0.2) is 12.4 Å². The van der Waals surface area contributed by atoms with Crippen LogP contribution >= 0.6 is 0 Å². The Hall–Kier alpha value is -1.10. The average molecular weight is 968 g/mol. The Kier molecular flexibility index (Phi) is 16.5. The average Bonchev–Trinajstić information content (AvgIpc) is 3.33. The Balaban J connectivity index is 0.00000433. The Morgan fingerprint density at radius 2 is 1.76 bits per heavy atom. The van der Waals surface area contributed by atoms with Gasteiger partial charge in [-0.25, -0.2) is 9.59 Å². The fraction of sp³-hybridized carbons (Fsp3) is 0.800. The summed E-state index contributed by atoms with van der Waals surface area (Å²) in [6.07, 6.45) is -2.60. The zero-order valence-corrected chi connectivity index (χ0v) is 36.7. The summed E-state index contributed by atoms with van der Waals surface area (Å²) in [5.74, 6) is -2.60. The topological polar surface area (TPSA) is 151 Å². The summed E-state index contributed by atoms with van der Waals surface area (Å²) in [6, 6.07) is -0.833. The minimum atomic E-state index is -1.42. The smallest absolute Gasteiger partial charge is 0.410 e. The summed E-state index contributed by atoms with van der Waals surface area (Å²) in [6.45, 7) is 18.6. The summed E-state index contributed by atoms with van der Waals surface area (Å²) in [4.78, 5) is 56.7. The maximum atomic E-state index is 14.4. The van der Waals surface area contributed by atoms with E-state index in [4.69, 9.17) is 28.4 Å². The molecule has 15 heteroatoms. The number of Topliss-reactive ketones (excluding diaryl/α,β-unsaturated/α-hetero) is 1. The molecule has 0 saturated carbocycles.